The Labute approximate surface area is 125 Å². The summed E-state index contributed by atoms with van der Waals surface area (Å²) < 4.78 is 6.13. The van der Waals surface area contributed by atoms with Gasteiger partial charge < -0.3 is 9.72 Å². The lowest BCUT2D eigenvalue weighted by Gasteiger charge is -2.04. The van der Waals surface area contributed by atoms with Crippen LogP contribution in [-0.2, 0) is 11.3 Å². The second kappa shape index (κ2) is 5.69. The van der Waals surface area contributed by atoms with Crippen molar-refractivity contribution in [1.82, 2.24) is 9.55 Å². The summed E-state index contributed by atoms with van der Waals surface area (Å²) in [6.45, 7) is 5.12. The lowest BCUT2D eigenvalue weighted by molar-refractivity contribution is 0.0599. The molecule has 2 aromatic rings. The molecule has 112 valence electrons. The summed E-state index contributed by atoms with van der Waals surface area (Å²) in [5.74, 6) is -0.724. The molecule has 0 aliphatic heterocycles. The van der Waals surface area contributed by atoms with Crippen molar-refractivity contribution in [3.8, 4) is 0 Å². The Bertz CT molecular complexity index is 767. The zero-order chi connectivity index (χ0) is 15.7. The number of carbonyl (C=O) groups is 2. The molecule has 0 saturated heterocycles. The number of Topliss-reactive ketones (excluding diaryl/α,β-unsaturated/α-hetero) is 1. The van der Waals surface area contributed by atoms with Crippen LogP contribution in [0.2, 0.25) is 0 Å². The van der Waals surface area contributed by atoms with Gasteiger partial charge in [0.05, 0.1) is 24.9 Å². The summed E-state index contributed by atoms with van der Waals surface area (Å²) in [6, 6.07) is 0. The number of aromatic amines is 1. The van der Waals surface area contributed by atoms with E-state index in [2.05, 4.69) is 4.98 Å². The summed E-state index contributed by atoms with van der Waals surface area (Å²) in [7, 11) is 1.30. The second-order valence-corrected chi connectivity index (χ2v) is 5.59. The van der Waals surface area contributed by atoms with Gasteiger partial charge in [-0.15, -0.1) is 0 Å². The van der Waals surface area contributed by atoms with Gasteiger partial charge in [-0.3, -0.25) is 14.2 Å². The first-order valence-electron chi connectivity index (χ1n) is 6.32. The van der Waals surface area contributed by atoms with Crippen molar-refractivity contribution in [3.05, 3.63) is 43.3 Å². The topological polar surface area (TPSA) is 81.2 Å². The fourth-order valence-electron chi connectivity index (χ4n) is 2.26. The highest BCUT2D eigenvalue weighted by Crippen LogP contribution is 2.19. The van der Waals surface area contributed by atoms with Gasteiger partial charge in [-0.05, 0) is 26.3 Å². The molecule has 0 fully saturated rings. The molecule has 6 nitrogen and oxygen atoms in total. The molecule has 7 heteroatoms. The van der Waals surface area contributed by atoms with Gasteiger partial charge in [-0.2, -0.15) is 0 Å². The van der Waals surface area contributed by atoms with Gasteiger partial charge in [0, 0.05) is 16.8 Å². The zero-order valence-corrected chi connectivity index (χ0v) is 13.1. The van der Waals surface area contributed by atoms with Gasteiger partial charge in [-0.1, -0.05) is 11.3 Å². The average Bonchev–Trinajstić information content (AvgIpc) is 2.91. The molecule has 0 amide bonds. The predicted molar refractivity (Wildman–Crippen MR) is 79.3 cm³/mol. The Morgan fingerprint density at radius 1 is 1.33 bits per heavy atom. The summed E-state index contributed by atoms with van der Waals surface area (Å²) in [5.41, 5.74) is 2.58. The normalized spacial score (nSPS) is 10.7. The minimum Gasteiger partial charge on any atom is -0.465 e. The van der Waals surface area contributed by atoms with E-state index < -0.39 is 5.97 Å². The average molecular weight is 308 g/mol. The van der Waals surface area contributed by atoms with Crippen LogP contribution in [0.5, 0.6) is 0 Å². The number of ether oxygens (including phenoxy) is 1. The zero-order valence-electron chi connectivity index (χ0n) is 12.3. The number of aromatic nitrogens is 2. The number of methoxy groups -OCH3 is 1. The van der Waals surface area contributed by atoms with Gasteiger partial charge >= 0.3 is 10.8 Å². The second-order valence-electron chi connectivity index (χ2n) is 4.77. The molecule has 0 unspecified atom stereocenters. The van der Waals surface area contributed by atoms with Crippen LogP contribution < -0.4 is 4.87 Å². The first kappa shape index (κ1) is 15.2. The molecular formula is C14H16N2O4S. The molecule has 1 N–H and O–H groups in total. The fraction of sp³-hybridized carbons (Fsp3) is 0.357. The third kappa shape index (κ3) is 2.69. The van der Waals surface area contributed by atoms with Crippen LogP contribution in [0.1, 0.15) is 37.8 Å². The number of ketones is 1. The van der Waals surface area contributed by atoms with E-state index in [1.807, 2.05) is 0 Å². The number of carbonyl (C=O) groups excluding carboxylic acids is 2. The van der Waals surface area contributed by atoms with E-state index >= 15 is 0 Å². The molecule has 2 rings (SSSR count). The van der Waals surface area contributed by atoms with Gasteiger partial charge in [-0.25, -0.2) is 4.79 Å². The first-order chi connectivity index (χ1) is 9.86. The van der Waals surface area contributed by atoms with Crippen molar-refractivity contribution in [1.29, 1.82) is 0 Å². The van der Waals surface area contributed by atoms with E-state index in [9.17, 15) is 14.4 Å². The molecule has 0 atom stereocenters. The lowest BCUT2D eigenvalue weighted by Crippen LogP contribution is -2.21. The number of esters is 1. The number of nitrogens with one attached hydrogen (secondary N) is 1. The van der Waals surface area contributed by atoms with E-state index in [0.29, 0.717) is 22.5 Å². The highest BCUT2D eigenvalue weighted by atomic mass is 32.1. The van der Waals surface area contributed by atoms with E-state index in [4.69, 9.17) is 4.74 Å². The quantitative estimate of drug-likeness (QED) is 0.690. The maximum Gasteiger partial charge on any atom is 0.339 e. The van der Waals surface area contributed by atoms with Crippen molar-refractivity contribution in [3.63, 3.8) is 0 Å². The van der Waals surface area contributed by atoms with E-state index in [1.54, 1.807) is 26.2 Å². The van der Waals surface area contributed by atoms with Gasteiger partial charge in [0.2, 0.25) is 0 Å². The third-order valence-electron chi connectivity index (χ3n) is 3.38. The van der Waals surface area contributed by atoms with Crippen LogP contribution in [-0.4, -0.2) is 28.4 Å². The predicted octanol–water partition coefficient (Wildman–Crippen LogP) is 1.83. The van der Waals surface area contributed by atoms with Gasteiger partial charge in [0.25, 0.3) is 0 Å². The largest absolute Gasteiger partial charge is 0.465 e. The first-order valence-corrected chi connectivity index (χ1v) is 7.20. The Morgan fingerprint density at radius 3 is 2.52 bits per heavy atom. The van der Waals surface area contributed by atoms with Crippen LogP contribution in [0.4, 0.5) is 0 Å². The Kier molecular flexibility index (Phi) is 4.13. The minimum absolute atomic E-state index is 0.0461. The van der Waals surface area contributed by atoms with Crippen molar-refractivity contribution in [2.24, 2.45) is 0 Å². The number of hydrogen-bond acceptors (Lipinski definition) is 5. The number of aryl methyl sites for hydroxylation is 2. The Morgan fingerprint density at radius 2 is 2.00 bits per heavy atom. The molecule has 0 aliphatic rings. The van der Waals surface area contributed by atoms with Crippen LogP contribution >= 0.6 is 11.3 Å². The number of H-pyrrole nitrogens is 1. The number of thiazole rings is 1. The van der Waals surface area contributed by atoms with Crippen molar-refractivity contribution >= 4 is 23.1 Å². The van der Waals surface area contributed by atoms with Crippen molar-refractivity contribution in [2.45, 2.75) is 27.3 Å². The highest BCUT2D eigenvalue weighted by molar-refractivity contribution is 7.07. The lowest BCUT2D eigenvalue weighted by atomic mass is 10.1. The molecule has 0 spiro atoms. The monoisotopic (exact) mass is 308 g/mol. The van der Waals surface area contributed by atoms with E-state index in [0.717, 1.165) is 17.0 Å². The highest BCUT2D eigenvalue weighted by Gasteiger charge is 2.23. The molecule has 0 saturated carbocycles. The summed E-state index contributed by atoms with van der Waals surface area (Å²) in [4.78, 5) is 38.5. The van der Waals surface area contributed by atoms with Crippen molar-refractivity contribution < 1.29 is 14.3 Å². The molecule has 0 bridgehead atoms. The molecule has 2 aromatic heterocycles. The SMILES string of the molecule is COC(=O)c1c(C)[nH]c(C(=O)Cn2c(C)csc2=O)c1C. The maximum atomic E-state index is 12.4. The molecular weight excluding hydrogens is 292 g/mol. The maximum absolute atomic E-state index is 12.4. The molecule has 0 aliphatic carbocycles. The van der Waals surface area contributed by atoms with Crippen LogP contribution in [0.25, 0.3) is 0 Å². The van der Waals surface area contributed by atoms with Crippen LogP contribution in [0.3, 0.4) is 0 Å². The minimum atomic E-state index is -0.482. The summed E-state index contributed by atoms with van der Waals surface area (Å²) in [5, 5.41) is 1.71. The summed E-state index contributed by atoms with van der Waals surface area (Å²) in [6.07, 6.45) is 0. The van der Waals surface area contributed by atoms with Gasteiger partial charge in [0.1, 0.15) is 0 Å². The number of hydrogen-bond donors (Lipinski definition) is 1. The molecule has 0 aromatic carbocycles. The van der Waals surface area contributed by atoms with Crippen LogP contribution in [0, 0.1) is 20.8 Å². The molecule has 2 heterocycles. The van der Waals surface area contributed by atoms with E-state index in [-0.39, 0.29) is 17.2 Å². The van der Waals surface area contributed by atoms with E-state index in [1.165, 1.54) is 11.7 Å². The van der Waals surface area contributed by atoms with Crippen molar-refractivity contribution in [2.75, 3.05) is 7.11 Å². The standard InChI is InChI=1S/C14H16N2O4S/c1-7-6-21-14(19)16(7)5-10(17)12-8(2)11(9(3)15-12)13(18)20-4/h6,15H,5H2,1-4H3. The number of rotatable bonds is 4. The Hall–Kier alpha value is -2.15. The molecule has 21 heavy (non-hydrogen) atoms. The third-order valence-corrected chi connectivity index (χ3v) is 4.27. The summed E-state index contributed by atoms with van der Waals surface area (Å²) >= 11 is 1.06. The van der Waals surface area contributed by atoms with Gasteiger partial charge in [0.15, 0.2) is 5.78 Å². The Balaban J connectivity index is 2.37. The van der Waals surface area contributed by atoms with Crippen LogP contribution in [0.15, 0.2) is 10.2 Å². The molecule has 0 radical (unpaired) electrons. The smallest absolute Gasteiger partial charge is 0.339 e. The number of nitrogens with zero attached hydrogens (tertiary/aromatic N) is 1. The fourth-order valence-corrected chi connectivity index (χ4v) is 2.99.